The normalized spacial score (nSPS) is 18.9. The largest absolute Gasteiger partial charge is 0.384 e. The van der Waals surface area contributed by atoms with E-state index in [-0.39, 0.29) is 0 Å². The lowest BCUT2D eigenvalue weighted by Crippen LogP contribution is -2.24. The van der Waals surface area contributed by atoms with Crippen LogP contribution < -0.4 is 10.6 Å². The molecule has 0 amide bonds. The van der Waals surface area contributed by atoms with Crippen molar-refractivity contribution in [2.45, 2.75) is 25.3 Å². The highest BCUT2D eigenvalue weighted by atomic mass is 35.5. The molecule has 1 aliphatic rings. The summed E-state index contributed by atoms with van der Waals surface area (Å²) in [6, 6.07) is 8.08. The van der Waals surface area contributed by atoms with Crippen LogP contribution in [0.3, 0.4) is 0 Å². The maximum atomic E-state index is 8.97. The van der Waals surface area contributed by atoms with E-state index < -0.39 is 0 Å². The van der Waals surface area contributed by atoms with Crippen LogP contribution in [0.2, 0.25) is 5.02 Å². The van der Waals surface area contributed by atoms with Crippen molar-refractivity contribution >= 4 is 17.3 Å². The van der Waals surface area contributed by atoms with E-state index in [1.165, 1.54) is 12.8 Å². The Bertz CT molecular complexity index is 419. The molecule has 0 radical (unpaired) electrons. The third kappa shape index (κ3) is 3.36. The van der Waals surface area contributed by atoms with E-state index >= 15 is 0 Å². The third-order valence-corrected chi connectivity index (χ3v) is 3.31. The summed E-state index contributed by atoms with van der Waals surface area (Å²) in [6.07, 6.45) is 3.60. The number of hydrogen-bond acceptors (Lipinski definition) is 3. The topological polar surface area (TPSA) is 47.9 Å². The van der Waals surface area contributed by atoms with Gasteiger partial charge < -0.3 is 10.6 Å². The average Bonchev–Trinajstić information content (AvgIpc) is 2.82. The van der Waals surface area contributed by atoms with Crippen molar-refractivity contribution in [1.29, 1.82) is 5.26 Å². The Kier molecular flexibility index (Phi) is 4.24. The first-order valence-corrected chi connectivity index (χ1v) is 6.34. The Morgan fingerprint density at radius 2 is 2.41 bits per heavy atom. The van der Waals surface area contributed by atoms with Gasteiger partial charge in [0.25, 0.3) is 0 Å². The zero-order chi connectivity index (χ0) is 12.1. The van der Waals surface area contributed by atoms with Gasteiger partial charge in [0.15, 0.2) is 0 Å². The molecule has 2 rings (SSSR count). The molecule has 0 saturated carbocycles. The number of halogens is 1. The molecule has 1 heterocycles. The van der Waals surface area contributed by atoms with Crippen molar-refractivity contribution in [2.75, 3.05) is 18.4 Å². The number of anilines is 1. The first kappa shape index (κ1) is 12.2. The van der Waals surface area contributed by atoms with Crippen LogP contribution in [-0.2, 0) is 0 Å². The zero-order valence-electron chi connectivity index (χ0n) is 9.67. The summed E-state index contributed by atoms with van der Waals surface area (Å²) in [5, 5.41) is 16.4. The fourth-order valence-corrected chi connectivity index (χ4v) is 2.32. The SMILES string of the molecule is N#Cc1ccc(Cl)cc1NCC[C@@H]1CCCN1. The fraction of sp³-hybridized carbons (Fsp3) is 0.462. The number of nitriles is 1. The van der Waals surface area contributed by atoms with Gasteiger partial charge in [-0.3, -0.25) is 0 Å². The summed E-state index contributed by atoms with van der Waals surface area (Å²) < 4.78 is 0. The monoisotopic (exact) mass is 249 g/mol. The van der Waals surface area contributed by atoms with Crippen molar-refractivity contribution in [3.8, 4) is 6.07 Å². The van der Waals surface area contributed by atoms with Crippen molar-refractivity contribution in [2.24, 2.45) is 0 Å². The Morgan fingerprint density at radius 3 is 3.12 bits per heavy atom. The smallest absolute Gasteiger partial charge is 0.101 e. The lowest BCUT2D eigenvalue weighted by Gasteiger charge is -2.12. The quantitative estimate of drug-likeness (QED) is 0.863. The predicted molar refractivity (Wildman–Crippen MR) is 70.3 cm³/mol. The van der Waals surface area contributed by atoms with Crippen molar-refractivity contribution in [1.82, 2.24) is 5.32 Å². The number of hydrogen-bond donors (Lipinski definition) is 2. The summed E-state index contributed by atoms with van der Waals surface area (Å²) in [5.74, 6) is 0. The van der Waals surface area contributed by atoms with Gasteiger partial charge in [0.1, 0.15) is 6.07 Å². The molecular formula is C13H16ClN3. The van der Waals surface area contributed by atoms with Crippen molar-refractivity contribution < 1.29 is 0 Å². The van der Waals surface area contributed by atoms with Gasteiger partial charge in [0, 0.05) is 17.6 Å². The van der Waals surface area contributed by atoms with E-state index in [0.29, 0.717) is 16.6 Å². The molecule has 1 atom stereocenters. The lowest BCUT2D eigenvalue weighted by atomic mass is 10.1. The molecular weight excluding hydrogens is 234 g/mol. The number of nitrogens with zero attached hydrogens (tertiary/aromatic N) is 1. The minimum atomic E-state index is 0.618. The molecule has 1 aromatic rings. The standard InChI is InChI=1S/C13H16ClN3/c14-11-4-3-10(9-15)13(8-11)17-7-5-12-2-1-6-16-12/h3-4,8,12,16-17H,1-2,5-7H2/t12-/m0/s1. The minimum Gasteiger partial charge on any atom is -0.384 e. The second-order valence-corrected chi connectivity index (χ2v) is 4.75. The molecule has 0 spiro atoms. The maximum absolute atomic E-state index is 8.97. The molecule has 0 aliphatic carbocycles. The van der Waals surface area contributed by atoms with Gasteiger partial charge in [-0.25, -0.2) is 0 Å². The van der Waals surface area contributed by atoms with Gasteiger partial charge in [0.2, 0.25) is 0 Å². The minimum absolute atomic E-state index is 0.618. The summed E-state index contributed by atoms with van der Waals surface area (Å²) in [7, 11) is 0. The Labute approximate surface area is 107 Å². The Morgan fingerprint density at radius 1 is 1.53 bits per heavy atom. The number of benzene rings is 1. The van der Waals surface area contributed by atoms with Gasteiger partial charge >= 0.3 is 0 Å². The highest BCUT2D eigenvalue weighted by molar-refractivity contribution is 6.30. The first-order chi connectivity index (χ1) is 8.29. The van der Waals surface area contributed by atoms with E-state index in [0.717, 1.165) is 25.2 Å². The molecule has 1 aliphatic heterocycles. The maximum Gasteiger partial charge on any atom is 0.101 e. The van der Waals surface area contributed by atoms with E-state index in [2.05, 4.69) is 16.7 Å². The van der Waals surface area contributed by atoms with Crippen molar-refractivity contribution in [3.63, 3.8) is 0 Å². The van der Waals surface area contributed by atoms with Gasteiger partial charge in [-0.15, -0.1) is 0 Å². The average molecular weight is 250 g/mol. The zero-order valence-corrected chi connectivity index (χ0v) is 10.4. The highest BCUT2D eigenvalue weighted by Gasteiger charge is 2.13. The molecule has 4 heteroatoms. The summed E-state index contributed by atoms with van der Waals surface area (Å²) in [4.78, 5) is 0. The van der Waals surface area contributed by atoms with E-state index in [1.54, 1.807) is 12.1 Å². The highest BCUT2D eigenvalue weighted by Crippen LogP contribution is 2.20. The third-order valence-electron chi connectivity index (χ3n) is 3.07. The Balaban J connectivity index is 1.89. The van der Waals surface area contributed by atoms with Gasteiger partial charge in [-0.1, -0.05) is 11.6 Å². The molecule has 1 saturated heterocycles. The van der Waals surface area contributed by atoms with Crippen LogP contribution >= 0.6 is 11.6 Å². The molecule has 2 N–H and O–H groups in total. The van der Waals surface area contributed by atoms with Crippen LogP contribution in [0, 0.1) is 11.3 Å². The van der Waals surface area contributed by atoms with Crippen molar-refractivity contribution in [3.05, 3.63) is 28.8 Å². The molecule has 0 unspecified atom stereocenters. The van der Waals surface area contributed by atoms with Gasteiger partial charge in [0.05, 0.1) is 11.3 Å². The van der Waals surface area contributed by atoms with E-state index in [4.69, 9.17) is 16.9 Å². The molecule has 1 aromatic carbocycles. The summed E-state index contributed by atoms with van der Waals surface area (Å²) in [6.45, 7) is 2.00. The van der Waals surface area contributed by atoms with Crippen LogP contribution in [-0.4, -0.2) is 19.1 Å². The second kappa shape index (κ2) is 5.90. The van der Waals surface area contributed by atoms with Crippen LogP contribution in [0.4, 0.5) is 5.69 Å². The van der Waals surface area contributed by atoms with Crippen LogP contribution in [0.1, 0.15) is 24.8 Å². The second-order valence-electron chi connectivity index (χ2n) is 4.31. The molecule has 3 nitrogen and oxygen atoms in total. The van der Waals surface area contributed by atoms with Gasteiger partial charge in [-0.05, 0) is 44.0 Å². The van der Waals surface area contributed by atoms with Crippen LogP contribution in [0.15, 0.2) is 18.2 Å². The summed E-state index contributed by atoms with van der Waals surface area (Å²) in [5.41, 5.74) is 1.48. The van der Waals surface area contributed by atoms with Crippen LogP contribution in [0.25, 0.3) is 0 Å². The molecule has 90 valence electrons. The first-order valence-electron chi connectivity index (χ1n) is 5.96. The lowest BCUT2D eigenvalue weighted by molar-refractivity contribution is 0.574. The van der Waals surface area contributed by atoms with Crippen LogP contribution in [0.5, 0.6) is 0 Å². The molecule has 17 heavy (non-hydrogen) atoms. The van der Waals surface area contributed by atoms with E-state index in [9.17, 15) is 0 Å². The molecule has 0 bridgehead atoms. The van der Waals surface area contributed by atoms with E-state index in [1.807, 2.05) is 6.07 Å². The Hall–Kier alpha value is -1.24. The number of nitrogens with one attached hydrogen (secondary N) is 2. The predicted octanol–water partition coefficient (Wildman–Crippen LogP) is 2.77. The fourth-order valence-electron chi connectivity index (χ4n) is 2.14. The number of rotatable bonds is 4. The summed E-state index contributed by atoms with van der Waals surface area (Å²) >= 11 is 5.92. The van der Waals surface area contributed by atoms with Gasteiger partial charge in [-0.2, -0.15) is 5.26 Å². The molecule has 0 aromatic heterocycles. The molecule has 1 fully saturated rings.